The molecule has 90 valence electrons. The fourth-order valence-electron chi connectivity index (χ4n) is 2.05. The number of hydrogen-bond acceptors (Lipinski definition) is 2. The molecule has 18 heavy (non-hydrogen) atoms. The zero-order valence-corrected chi connectivity index (χ0v) is 12.7. The Morgan fingerprint density at radius 3 is 2.67 bits per heavy atom. The number of aromatic nitrogens is 2. The summed E-state index contributed by atoms with van der Waals surface area (Å²) in [5, 5.41) is 1.19. The first kappa shape index (κ1) is 11.8. The van der Waals surface area contributed by atoms with Crippen LogP contribution in [-0.4, -0.2) is 23.3 Å². The summed E-state index contributed by atoms with van der Waals surface area (Å²) >= 11 is 5.77. The van der Waals surface area contributed by atoms with Crippen LogP contribution < -0.4 is 0 Å². The predicted molar refractivity (Wildman–Crippen MR) is 78.3 cm³/mol. The van der Waals surface area contributed by atoms with Gasteiger partial charge < -0.3 is 0 Å². The first-order valence-corrected chi connectivity index (χ1v) is 7.75. The van der Waals surface area contributed by atoms with Crippen LogP contribution in [0.4, 0.5) is 0 Å². The van der Waals surface area contributed by atoms with E-state index in [-0.39, 0.29) is 14.7 Å². The Bertz CT molecular complexity index is 766. The summed E-state index contributed by atoms with van der Waals surface area (Å²) in [6, 6.07) is 12.6. The first-order valence-electron chi connectivity index (χ1n) is 5.72. The fourth-order valence-corrected chi connectivity index (χ4v) is 4.69. The summed E-state index contributed by atoms with van der Waals surface area (Å²) in [5.74, 6) is 0.980. The molecule has 0 amide bonds. The molecule has 0 saturated carbocycles. The van der Waals surface area contributed by atoms with Gasteiger partial charge in [0.2, 0.25) is 0 Å². The summed E-state index contributed by atoms with van der Waals surface area (Å²) in [6.07, 6.45) is 0. The van der Waals surface area contributed by atoms with E-state index in [1.165, 1.54) is 15.2 Å². The van der Waals surface area contributed by atoms with Gasteiger partial charge in [0.05, 0.1) is 0 Å². The van der Waals surface area contributed by atoms with Crippen molar-refractivity contribution in [3.63, 3.8) is 0 Å². The molecule has 3 aromatic rings. The van der Waals surface area contributed by atoms with Gasteiger partial charge in [-0.2, -0.15) is 0 Å². The molecule has 0 radical (unpaired) electrons. The number of fused-ring (bicyclic) bond motifs is 1. The molecule has 0 aliphatic heterocycles. The Morgan fingerprint density at radius 1 is 1.17 bits per heavy atom. The number of benzene rings is 1. The average Bonchev–Trinajstić information content (AvgIpc) is 2.66. The van der Waals surface area contributed by atoms with E-state index in [9.17, 15) is 0 Å². The first-order chi connectivity index (χ1) is 8.65. The van der Waals surface area contributed by atoms with Gasteiger partial charge >= 0.3 is 117 Å². The second kappa shape index (κ2) is 4.47. The van der Waals surface area contributed by atoms with E-state index in [4.69, 9.17) is 12.2 Å². The summed E-state index contributed by atoms with van der Waals surface area (Å²) in [4.78, 5) is 4.60. The van der Waals surface area contributed by atoms with E-state index in [0.717, 1.165) is 16.2 Å². The van der Waals surface area contributed by atoms with E-state index < -0.39 is 0 Å². The molecule has 0 fully saturated rings. The monoisotopic (exact) mass is 320 g/mol. The second-order valence-electron chi connectivity index (χ2n) is 4.33. The molecule has 0 aliphatic carbocycles. The summed E-state index contributed by atoms with van der Waals surface area (Å²) in [5.41, 5.74) is 2.27. The van der Waals surface area contributed by atoms with Gasteiger partial charge in [0, 0.05) is 0 Å². The molecule has 2 aromatic heterocycles. The van der Waals surface area contributed by atoms with E-state index in [0.29, 0.717) is 0 Å². The van der Waals surface area contributed by atoms with Crippen LogP contribution in [0.15, 0.2) is 36.4 Å². The van der Waals surface area contributed by atoms with Crippen molar-refractivity contribution < 1.29 is 0 Å². The van der Waals surface area contributed by atoms with E-state index in [1.54, 1.807) is 0 Å². The van der Waals surface area contributed by atoms with Gasteiger partial charge in [-0.3, -0.25) is 0 Å². The molecule has 3 rings (SSSR count). The molecule has 0 unspecified atom stereocenters. The maximum absolute atomic E-state index is 5.57. The zero-order chi connectivity index (χ0) is 12.7. The predicted octanol–water partition coefficient (Wildman–Crippen LogP) is 3.43. The van der Waals surface area contributed by atoms with Crippen LogP contribution in [0.1, 0.15) is 11.3 Å². The molecular weight excluding hydrogens is 307 g/mol. The van der Waals surface area contributed by atoms with Crippen molar-refractivity contribution in [2.75, 3.05) is 0 Å². The molecule has 0 bridgehead atoms. The summed E-state index contributed by atoms with van der Waals surface area (Å²) in [7, 11) is 0. The van der Waals surface area contributed by atoms with Crippen molar-refractivity contribution in [2.45, 2.75) is 13.8 Å². The van der Waals surface area contributed by atoms with Crippen molar-refractivity contribution in [3.8, 4) is 5.82 Å². The van der Waals surface area contributed by atoms with Crippen LogP contribution in [-0.2, 0) is 0 Å². The molecule has 0 atom stereocenters. The van der Waals surface area contributed by atoms with Crippen molar-refractivity contribution in [1.82, 2.24) is 8.55 Å². The number of aryl methyl sites for hydroxylation is 2. The fraction of sp³-hybridized carbons (Fsp3) is 0.143. The molecular formula is C14H12N2SSe. The van der Waals surface area contributed by atoms with E-state index in [2.05, 4.69) is 45.8 Å². The van der Waals surface area contributed by atoms with E-state index >= 15 is 0 Å². The van der Waals surface area contributed by atoms with Crippen LogP contribution in [0.25, 0.3) is 15.5 Å². The molecule has 0 N–H and O–H groups in total. The quantitative estimate of drug-likeness (QED) is 0.505. The van der Waals surface area contributed by atoms with Gasteiger partial charge in [0.1, 0.15) is 0 Å². The third-order valence-electron chi connectivity index (χ3n) is 2.78. The van der Waals surface area contributed by atoms with Crippen LogP contribution in [0, 0.1) is 18.5 Å². The Morgan fingerprint density at radius 2 is 1.94 bits per heavy atom. The molecule has 1 aromatic carbocycles. The van der Waals surface area contributed by atoms with Crippen molar-refractivity contribution in [2.24, 2.45) is 0 Å². The normalized spacial score (nSPS) is 11.0. The second-order valence-corrected chi connectivity index (χ2v) is 6.79. The van der Waals surface area contributed by atoms with Crippen LogP contribution in [0.5, 0.6) is 0 Å². The number of hydrogen-bond donors (Lipinski definition) is 0. The van der Waals surface area contributed by atoms with Gasteiger partial charge in [-0.25, -0.2) is 0 Å². The molecule has 0 aliphatic rings. The molecule has 2 heterocycles. The maximum atomic E-state index is 5.57. The standard InChI is InChI=1S/C14H12N2SSe/c1-9-7-10(2)15-13(8-9)16-14(17)11-5-3-4-6-12(11)18-16/h3-8H,1-2H3. The average molecular weight is 319 g/mol. The molecule has 2 nitrogen and oxygen atoms in total. The van der Waals surface area contributed by atoms with Crippen molar-refractivity contribution in [3.05, 3.63) is 52.3 Å². The molecule has 0 saturated heterocycles. The minimum absolute atomic E-state index is 0.209. The number of nitrogens with zero attached hydrogens (tertiary/aromatic N) is 2. The minimum atomic E-state index is 0.209. The van der Waals surface area contributed by atoms with Gasteiger partial charge in [0.25, 0.3) is 0 Å². The Labute approximate surface area is 117 Å². The van der Waals surface area contributed by atoms with Gasteiger partial charge in [-0.1, -0.05) is 0 Å². The van der Waals surface area contributed by atoms with Gasteiger partial charge in [0.15, 0.2) is 0 Å². The summed E-state index contributed by atoms with van der Waals surface area (Å²) < 4.78 is 4.42. The van der Waals surface area contributed by atoms with Crippen molar-refractivity contribution in [1.29, 1.82) is 0 Å². The topological polar surface area (TPSA) is 17.8 Å². The third kappa shape index (κ3) is 1.97. The SMILES string of the molecule is Cc1cc(C)nc(-n2[se]c3ccccc3c2=S)c1. The Hall–Kier alpha value is -1.22. The molecule has 4 heteroatoms. The summed E-state index contributed by atoms with van der Waals surface area (Å²) in [6.45, 7) is 4.12. The van der Waals surface area contributed by atoms with Gasteiger partial charge in [-0.05, 0) is 0 Å². The van der Waals surface area contributed by atoms with Gasteiger partial charge in [-0.15, -0.1) is 0 Å². The Kier molecular flexibility index (Phi) is 2.94. The van der Waals surface area contributed by atoms with Crippen LogP contribution in [0.3, 0.4) is 0 Å². The zero-order valence-electron chi connectivity index (χ0n) is 10.2. The van der Waals surface area contributed by atoms with E-state index in [1.807, 2.05) is 13.0 Å². The van der Waals surface area contributed by atoms with Crippen LogP contribution >= 0.6 is 12.2 Å². The Balaban J connectivity index is 2.31. The number of rotatable bonds is 1. The van der Waals surface area contributed by atoms with Crippen molar-refractivity contribution >= 4 is 36.6 Å². The molecule has 0 spiro atoms. The third-order valence-corrected chi connectivity index (χ3v) is 5.77. The van der Waals surface area contributed by atoms with Crippen LogP contribution in [0.2, 0.25) is 0 Å². The number of pyridine rings is 1.